The number of halogens is 1. The zero-order valence-electron chi connectivity index (χ0n) is 10.9. The molecule has 0 saturated heterocycles. The topological polar surface area (TPSA) is 30.5 Å². The zero-order chi connectivity index (χ0) is 13.7. The van der Waals surface area contributed by atoms with Crippen molar-refractivity contribution in [2.24, 2.45) is 0 Å². The molecule has 1 N–H and O–H groups in total. The van der Waals surface area contributed by atoms with Crippen LogP contribution in [0.3, 0.4) is 0 Å². The van der Waals surface area contributed by atoms with Crippen molar-refractivity contribution in [2.45, 2.75) is 6.54 Å². The summed E-state index contributed by atoms with van der Waals surface area (Å²) in [6, 6.07) is 13.9. The Kier molecular flexibility index (Phi) is 4.68. The summed E-state index contributed by atoms with van der Waals surface area (Å²) in [6.45, 7) is 0.746. The molecule has 4 heteroatoms. The van der Waals surface area contributed by atoms with E-state index in [1.54, 1.807) is 14.2 Å². The maximum Gasteiger partial charge on any atom is 0.124 e. The van der Waals surface area contributed by atoms with E-state index in [2.05, 4.69) is 33.4 Å². The molecule has 100 valence electrons. The van der Waals surface area contributed by atoms with Crippen molar-refractivity contribution in [3.05, 3.63) is 52.5 Å². The van der Waals surface area contributed by atoms with Gasteiger partial charge in [-0.3, -0.25) is 0 Å². The number of methoxy groups -OCH3 is 2. The maximum atomic E-state index is 5.24. The molecule has 0 atom stereocenters. The quantitative estimate of drug-likeness (QED) is 0.900. The number of anilines is 1. The molecule has 0 saturated carbocycles. The summed E-state index contributed by atoms with van der Waals surface area (Å²) in [4.78, 5) is 0. The second kappa shape index (κ2) is 6.48. The van der Waals surface area contributed by atoms with Crippen LogP contribution < -0.4 is 14.8 Å². The number of hydrogen-bond acceptors (Lipinski definition) is 3. The van der Waals surface area contributed by atoms with Gasteiger partial charge in [-0.05, 0) is 17.7 Å². The van der Waals surface area contributed by atoms with E-state index in [9.17, 15) is 0 Å². The second-order valence-electron chi connectivity index (χ2n) is 4.08. The average molecular weight is 322 g/mol. The Hall–Kier alpha value is -1.68. The molecular formula is C15H16BrNO2. The van der Waals surface area contributed by atoms with E-state index in [-0.39, 0.29) is 0 Å². The highest BCUT2D eigenvalue weighted by Crippen LogP contribution is 2.26. The van der Waals surface area contributed by atoms with Gasteiger partial charge in [0.15, 0.2) is 0 Å². The fourth-order valence-corrected chi connectivity index (χ4v) is 2.21. The highest BCUT2D eigenvalue weighted by molar-refractivity contribution is 9.10. The van der Waals surface area contributed by atoms with Crippen molar-refractivity contribution in [1.29, 1.82) is 0 Å². The van der Waals surface area contributed by atoms with Crippen LogP contribution in [0, 0.1) is 0 Å². The summed E-state index contributed by atoms with van der Waals surface area (Å²) in [5, 5.41) is 3.36. The highest BCUT2D eigenvalue weighted by atomic mass is 79.9. The summed E-state index contributed by atoms with van der Waals surface area (Å²) in [7, 11) is 3.29. The second-order valence-corrected chi connectivity index (χ2v) is 5.00. The van der Waals surface area contributed by atoms with Gasteiger partial charge in [-0.25, -0.2) is 0 Å². The lowest BCUT2D eigenvalue weighted by Crippen LogP contribution is -2.00. The fraction of sp³-hybridized carbons (Fsp3) is 0.200. The van der Waals surface area contributed by atoms with Gasteiger partial charge in [-0.15, -0.1) is 0 Å². The Morgan fingerprint density at radius 1 is 1.00 bits per heavy atom. The van der Waals surface area contributed by atoms with Crippen LogP contribution in [0.5, 0.6) is 11.5 Å². The molecule has 0 amide bonds. The van der Waals surface area contributed by atoms with Crippen molar-refractivity contribution in [1.82, 2.24) is 0 Å². The molecule has 0 radical (unpaired) electrons. The molecule has 2 rings (SSSR count). The van der Waals surface area contributed by atoms with E-state index < -0.39 is 0 Å². The first-order valence-electron chi connectivity index (χ1n) is 5.92. The van der Waals surface area contributed by atoms with E-state index in [0.717, 1.165) is 28.2 Å². The normalized spacial score (nSPS) is 10.1. The molecule has 0 heterocycles. The van der Waals surface area contributed by atoms with Gasteiger partial charge >= 0.3 is 0 Å². The first kappa shape index (κ1) is 13.7. The summed E-state index contributed by atoms with van der Waals surface area (Å²) < 4.78 is 11.6. The van der Waals surface area contributed by atoms with E-state index in [4.69, 9.17) is 9.47 Å². The van der Waals surface area contributed by atoms with Crippen LogP contribution in [-0.2, 0) is 6.54 Å². The molecule has 0 fully saturated rings. The first-order valence-corrected chi connectivity index (χ1v) is 6.72. The van der Waals surface area contributed by atoms with Gasteiger partial charge in [0.25, 0.3) is 0 Å². The number of nitrogens with one attached hydrogen (secondary N) is 1. The van der Waals surface area contributed by atoms with Gasteiger partial charge in [0, 0.05) is 34.9 Å². The van der Waals surface area contributed by atoms with Gasteiger partial charge < -0.3 is 14.8 Å². The van der Waals surface area contributed by atoms with E-state index in [0.29, 0.717) is 0 Å². The number of ether oxygens (including phenoxy) is 2. The third-order valence-corrected chi connectivity index (χ3v) is 3.23. The van der Waals surface area contributed by atoms with Crippen LogP contribution in [-0.4, -0.2) is 14.2 Å². The number of benzene rings is 2. The third-order valence-electron chi connectivity index (χ3n) is 2.74. The van der Waals surface area contributed by atoms with Crippen molar-refractivity contribution >= 4 is 21.6 Å². The lowest BCUT2D eigenvalue weighted by Gasteiger charge is -2.11. The van der Waals surface area contributed by atoms with Crippen LogP contribution in [0.1, 0.15) is 5.56 Å². The predicted octanol–water partition coefficient (Wildman–Crippen LogP) is 4.08. The van der Waals surface area contributed by atoms with Gasteiger partial charge in [0.05, 0.1) is 14.2 Å². The minimum atomic E-state index is 0.746. The molecule has 0 aliphatic carbocycles. The third kappa shape index (κ3) is 3.89. The fourth-order valence-electron chi connectivity index (χ4n) is 1.76. The molecule has 2 aromatic carbocycles. The minimum Gasteiger partial charge on any atom is -0.497 e. The van der Waals surface area contributed by atoms with E-state index in [1.165, 1.54) is 5.56 Å². The minimum absolute atomic E-state index is 0.746. The van der Waals surface area contributed by atoms with Crippen molar-refractivity contribution in [2.75, 3.05) is 19.5 Å². The smallest absolute Gasteiger partial charge is 0.124 e. The van der Waals surface area contributed by atoms with Gasteiger partial charge in [0.1, 0.15) is 11.5 Å². The molecule has 0 spiro atoms. The van der Waals surface area contributed by atoms with Crippen LogP contribution in [0.4, 0.5) is 5.69 Å². The molecule has 19 heavy (non-hydrogen) atoms. The Balaban J connectivity index is 2.10. The van der Waals surface area contributed by atoms with E-state index in [1.807, 2.05) is 30.3 Å². The Labute approximate surface area is 121 Å². The van der Waals surface area contributed by atoms with Gasteiger partial charge in [-0.2, -0.15) is 0 Å². The molecule has 0 aromatic heterocycles. The highest BCUT2D eigenvalue weighted by Gasteiger charge is 2.02. The molecule has 0 aliphatic rings. The molecule has 3 nitrogen and oxygen atoms in total. The summed E-state index contributed by atoms with van der Waals surface area (Å²) in [5.74, 6) is 1.55. The lowest BCUT2D eigenvalue weighted by molar-refractivity contribution is 0.394. The standard InChI is InChI=1S/C15H16BrNO2/c1-18-14-7-13(8-15(9-14)19-2)17-10-11-4-3-5-12(16)6-11/h3-9,17H,10H2,1-2H3. The maximum absolute atomic E-state index is 5.24. The largest absolute Gasteiger partial charge is 0.497 e. The monoisotopic (exact) mass is 321 g/mol. The van der Waals surface area contributed by atoms with Gasteiger partial charge in [0.2, 0.25) is 0 Å². The average Bonchev–Trinajstić information content (AvgIpc) is 2.44. The van der Waals surface area contributed by atoms with Crippen LogP contribution >= 0.6 is 15.9 Å². The first-order chi connectivity index (χ1) is 9.21. The SMILES string of the molecule is COc1cc(NCc2cccc(Br)c2)cc(OC)c1. The van der Waals surface area contributed by atoms with E-state index >= 15 is 0 Å². The lowest BCUT2D eigenvalue weighted by atomic mass is 10.2. The Morgan fingerprint density at radius 2 is 1.68 bits per heavy atom. The molecule has 0 aliphatic heterocycles. The van der Waals surface area contributed by atoms with Crippen LogP contribution in [0.25, 0.3) is 0 Å². The molecule has 0 unspecified atom stereocenters. The number of hydrogen-bond donors (Lipinski definition) is 1. The van der Waals surface area contributed by atoms with Crippen LogP contribution in [0.2, 0.25) is 0 Å². The molecular weight excluding hydrogens is 306 g/mol. The Bertz CT molecular complexity index is 535. The van der Waals surface area contributed by atoms with Crippen molar-refractivity contribution < 1.29 is 9.47 Å². The summed E-state index contributed by atoms with van der Waals surface area (Å²) >= 11 is 3.47. The predicted molar refractivity (Wildman–Crippen MR) is 81.0 cm³/mol. The number of rotatable bonds is 5. The summed E-state index contributed by atoms with van der Waals surface area (Å²) in [6.07, 6.45) is 0. The van der Waals surface area contributed by atoms with Gasteiger partial charge in [-0.1, -0.05) is 28.1 Å². The van der Waals surface area contributed by atoms with Crippen molar-refractivity contribution in [3.8, 4) is 11.5 Å². The summed E-state index contributed by atoms with van der Waals surface area (Å²) in [5.41, 5.74) is 2.17. The molecule has 2 aromatic rings. The van der Waals surface area contributed by atoms with Crippen molar-refractivity contribution in [3.63, 3.8) is 0 Å². The van der Waals surface area contributed by atoms with Crippen LogP contribution in [0.15, 0.2) is 46.9 Å². The molecule has 0 bridgehead atoms. The Morgan fingerprint density at radius 3 is 2.26 bits per heavy atom. The zero-order valence-corrected chi connectivity index (χ0v) is 12.5.